The average molecular weight is 321 g/mol. The van der Waals surface area contributed by atoms with Crippen molar-refractivity contribution in [3.8, 4) is 0 Å². The largest absolute Gasteiger partial charge is 0.480 e. The molecule has 1 atom stereocenters. The van der Waals surface area contributed by atoms with E-state index in [1.165, 1.54) is 0 Å². The van der Waals surface area contributed by atoms with Crippen LogP contribution < -0.4 is 11.1 Å². The van der Waals surface area contributed by atoms with Crippen LogP contribution in [0, 0.1) is 0 Å². The van der Waals surface area contributed by atoms with Crippen molar-refractivity contribution in [2.24, 2.45) is 5.73 Å². The third kappa shape index (κ3) is 5.52. The summed E-state index contributed by atoms with van der Waals surface area (Å²) in [7, 11) is -4.84. The van der Waals surface area contributed by atoms with E-state index in [0.717, 1.165) is 12.3 Å². The molecule has 118 valence electrons. The number of aromatic amines is 1. The molecule has 1 amide bonds. The Morgan fingerprint density at radius 1 is 1.43 bits per heavy atom. The molecule has 1 heterocycles. The minimum atomic E-state index is -4.84. The number of aliphatic carboxylic acids is 1. The molecular formula is C11H16FN3O5S. The number of aromatic nitrogens is 1. The molecule has 5 N–H and O–H groups in total. The van der Waals surface area contributed by atoms with Crippen molar-refractivity contribution in [1.82, 2.24) is 10.3 Å². The first-order valence-electron chi connectivity index (χ1n) is 6.11. The predicted molar refractivity (Wildman–Crippen MR) is 70.9 cm³/mol. The number of carboxylic acids is 1. The number of unbranched alkanes of at least 4 members (excludes halogenated alkanes) is 1. The Morgan fingerprint density at radius 3 is 2.62 bits per heavy atom. The van der Waals surface area contributed by atoms with Gasteiger partial charge >= 0.3 is 16.2 Å². The fraction of sp³-hybridized carbons (Fsp3) is 0.455. The van der Waals surface area contributed by atoms with Gasteiger partial charge in [-0.15, -0.1) is 3.89 Å². The zero-order valence-corrected chi connectivity index (χ0v) is 11.8. The van der Waals surface area contributed by atoms with E-state index in [9.17, 15) is 21.9 Å². The molecule has 1 aromatic rings. The van der Waals surface area contributed by atoms with Crippen LogP contribution in [0.5, 0.6) is 0 Å². The fourth-order valence-electron chi connectivity index (χ4n) is 1.56. The van der Waals surface area contributed by atoms with E-state index in [2.05, 4.69) is 10.3 Å². The van der Waals surface area contributed by atoms with E-state index < -0.39 is 33.0 Å². The summed E-state index contributed by atoms with van der Waals surface area (Å²) in [5, 5.41) is 11.1. The van der Waals surface area contributed by atoms with E-state index >= 15 is 0 Å². The van der Waals surface area contributed by atoms with Gasteiger partial charge in [0.25, 0.3) is 5.91 Å². The van der Waals surface area contributed by atoms with Crippen molar-refractivity contribution in [2.75, 3.05) is 6.54 Å². The number of amides is 1. The molecule has 8 nitrogen and oxygen atoms in total. The van der Waals surface area contributed by atoms with Crippen LogP contribution in [0.3, 0.4) is 0 Å². The molecule has 0 spiro atoms. The molecule has 0 saturated carbocycles. The Bertz CT molecular complexity index is 613. The lowest BCUT2D eigenvalue weighted by Gasteiger charge is -2.06. The molecule has 0 radical (unpaired) electrons. The Balaban J connectivity index is 2.35. The predicted octanol–water partition coefficient (Wildman–Crippen LogP) is -0.0151. The van der Waals surface area contributed by atoms with E-state index in [0.29, 0.717) is 12.8 Å². The topological polar surface area (TPSA) is 142 Å². The van der Waals surface area contributed by atoms with Crippen LogP contribution in [0.25, 0.3) is 0 Å². The summed E-state index contributed by atoms with van der Waals surface area (Å²) in [6, 6.07) is -0.0354. The molecule has 0 bridgehead atoms. The van der Waals surface area contributed by atoms with Gasteiger partial charge in [-0.1, -0.05) is 0 Å². The van der Waals surface area contributed by atoms with Crippen LogP contribution in [-0.4, -0.2) is 43.0 Å². The number of H-pyrrole nitrogens is 1. The van der Waals surface area contributed by atoms with Crippen LogP contribution >= 0.6 is 0 Å². The first kappa shape index (κ1) is 17.1. The van der Waals surface area contributed by atoms with E-state index in [1.807, 2.05) is 0 Å². The molecule has 0 aliphatic rings. The molecule has 10 heteroatoms. The zero-order chi connectivity index (χ0) is 16.0. The molecule has 0 aromatic carbocycles. The van der Waals surface area contributed by atoms with Gasteiger partial charge in [0, 0.05) is 12.7 Å². The van der Waals surface area contributed by atoms with Gasteiger partial charge in [-0.05, 0) is 25.3 Å². The maximum absolute atomic E-state index is 12.7. The zero-order valence-electron chi connectivity index (χ0n) is 11.0. The number of hydrogen-bond donors (Lipinski definition) is 4. The molecule has 0 aliphatic heterocycles. The summed E-state index contributed by atoms with van der Waals surface area (Å²) in [6.45, 7) is 0.266. The number of rotatable bonds is 8. The Hall–Kier alpha value is -1.94. The van der Waals surface area contributed by atoms with Gasteiger partial charge in [-0.2, -0.15) is 8.42 Å². The second kappa shape index (κ2) is 7.18. The van der Waals surface area contributed by atoms with Gasteiger partial charge in [0.05, 0.1) is 0 Å². The van der Waals surface area contributed by atoms with E-state index in [1.54, 1.807) is 0 Å². The number of nitrogens with one attached hydrogen (secondary N) is 2. The SMILES string of the molecule is N[C@@H](CCCCNC(=O)c1cc(S(=O)(=O)F)c[nH]1)C(=O)O. The summed E-state index contributed by atoms with van der Waals surface area (Å²) in [4.78, 5) is 23.8. The van der Waals surface area contributed by atoms with Gasteiger partial charge in [-0.25, -0.2) is 0 Å². The van der Waals surface area contributed by atoms with Crippen molar-refractivity contribution in [1.29, 1.82) is 0 Å². The van der Waals surface area contributed by atoms with Gasteiger partial charge in [-0.3, -0.25) is 9.59 Å². The van der Waals surface area contributed by atoms with Crippen molar-refractivity contribution >= 4 is 22.1 Å². The van der Waals surface area contributed by atoms with E-state index in [4.69, 9.17) is 10.8 Å². The maximum atomic E-state index is 12.7. The summed E-state index contributed by atoms with van der Waals surface area (Å²) >= 11 is 0. The van der Waals surface area contributed by atoms with Crippen molar-refractivity contribution in [3.05, 3.63) is 18.0 Å². The molecule has 1 rings (SSSR count). The highest BCUT2D eigenvalue weighted by atomic mass is 32.3. The second-order valence-corrected chi connectivity index (χ2v) is 5.73. The van der Waals surface area contributed by atoms with Crippen LogP contribution in [0.4, 0.5) is 3.89 Å². The van der Waals surface area contributed by atoms with Crippen molar-refractivity contribution < 1.29 is 27.0 Å². The van der Waals surface area contributed by atoms with Gasteiger partial charge in [0.2, 0.25) is 0 Å². The number of carbonyl (C=O) groups excluding carboxylic acids is 1. The third-order valence-corrected chi connectivity index (χ3v) is 3.53. The molecular weight excluding hydrogens is 305 g/mol. The number of carbonyl (C=O) groups is 2. The maximum Gasteiger partial charge on any atom is 0.333 e. The standard InChI is InChI=1S/C11H16FN3O5S/c12-21(19,20)7-5-9(15-6-7)10(16)14-4-2-1-3-8(13)11(17)18/h5-6,8,15H,1-4,13H2,(H,14,16)(H,17,18)/t8-/m0/s1. The van der Waals surface area contributed by atoms with Crippen LogP contribution in [-0.2, 0) is 15.0 Å². The first-order chi connectivity index (χ1) is 9.71. The number of hydrogen-bond acceptors (Lipinski definition) is 5. The molecule has 0 saturated heterocycles. The average Bonchev–Trinajstić information content (AvgIpc) is 2.87. The molecule has 0 aliphatic carbocycles. The summed E-state index contributed by atoms with van der Waals surface area (Å²) < 4.78 is 33.9. The van der Waals surface area contributed by atoms with Gasteiger partial charge in [0.1, 0.15) is 16.6 Å². The normalized spacial score (nSPS) is 12.9. The summed E-state index contributed by atoms with van der Waals surface area (Å²) in [6.07, 6.45) is 2.21. The van der Waals surface area contributed by atoms with Gasteiger partial charge in [0.15, 0.2) is 0 Å². The fourth-order valence-corrected chi connectivity index (χ4v) is 2.01. The highest BCUT2D eigenvalue weighted by molar-refractivity contribution is 7.86. The summed E-state index contributed by atoms with van der Waals surface area (Å²) in [5.41, 5.74) is 5.23. The number of nitrogens with two attached hydrogens (primary N) is 1. The molecule has 1 aromatic heterocycles. The molecule has 0 unspecified atom stereocenters. The molecule has 21 heavy (non-hydrogen) atoms. The Morgan fingerprint density at radius 2 is 2.10 bits per heavy atom. The second-order valence-electron chi connectivity index (χ2n) is 4.38. The number of halogens is 1. The number of carboxylic acid groups (broad SMARTS) is 1. The van der Waals surface area contributed by atoms with Crippen molar-refractivity contribution in [3.63, 3.8) is 0 Å². The van der Waals surface area contributed by atoms with E-state index in [-0.39, 0.29) is 18.7 Å². The highest BCUT2D eigenvalue weighted by Crippen LogP contribution is 2.13. The quantitative estimate of drug-likeness (QED) is 0.391. The summed E-state index contributed by atoms with van der Waals surface area (Å²) in [5.74, 6) is -1.65. The minimum absolute atomic E-state index is 0.0755. The lowest BCUT2D eigenvalue weighted by atomic mass is 10.1. The monoisotopic (exact) mass is 321 g/mol. The van der Waals surface area contributed by atoms with Gasteiger partial charge < -0.3 is 21.1 Å². The third-order valence-electron chi connectivity index (χ3n) is 2.73. The minimum Gasteiger partial charge on any atom is -0.480 e. The lowest BCUT2D eigenvalue weighted by molar-refractivity contribution is -0.138. The molecule has 0 fully saturated rings. The first-order valence-corrected chi connectivity index (χ1v) is 7.50. The smallest absolute Gasteiger partial charge is 0.333 e. The lowest BCUT2D eigenvalue weighted by Crippen LogP contribution is -2.30. The van der Waals surface area contributed by atoms with Crippen LogP contribution in [0.2, 0.25) is 0 Å². The highest BCUT2D eigenvalue weighted by Gasteiger charge is 2.17. The van der Waals surface area contributed by atoms with Crippen LogP contribution in [0.1, 0.15) is 29.8 Å². The Kier molecular flexibility index (Phi) is 5.85. The van der Waals surface area contributed by atoms with Crippen LogP contribution in [0.15, 0.2) is 17.2 Å². The van der Waals surface area contributed by atoms with Crippen molar-refractivity contribution in [2.45, 2.75) is 30.2 Å². The Labute approximate surface area is 120 Å².